The number of nitrogens with zero attached hydrogens (tertiary/aromatic N) is 2. The van der Waals surface area contributed by atoms with Gasteiger partial charge in [0.2, 0.25) is 0 Å². The first-order chi connectivity index (χ1) is 9.10. The van der Waals surface area contributed by atoms with Crippen molar-refractivity contribution in [3.8, 4) is 0 Å². The first-order valence-electron chi connectivity index (χ1n) is 7.69. The highest BCUT2D eigenvalue weighted by molar-refractivity contribution is 5.28. The summed E-state index contributed by atoms with van der Waals surface area (Å²) < 4.78 is 0. The topological polar surface area (TPSA) is 37.8 Å². The van der Waals surface area contributed by atoms with Gasteiger partial charge in [-0.2, -0.15) is 0 Å². The van der Waals surface area contributed by atoms with Crippen molar-refractivity contribution in [3.05, 3.63) is 22.8 Å². The maximum Gasteiger partial charge on any atom is 0.132 e. The molecule has 1 heterocycles. The van der Waals surface area contributed by atoms with Crippen molar-refractivity contribution in [2.24, 2.45) is 5.41 Å². The first-order valence-corrected chi connectivity index (χ1v) is 7.69. The molecule has 1 unspecified atom stereocenters. The number of aryl methyl sites for hydroxylation is 2. The van der Waals surface area contributed by atoms with Crippen molar-refractivity contribution >= 4 is 0 Å². The molecule has 112 valence electrons. The van der Waals surface area contributed by atoms with E-state index in [4.69, 9.17) is 9.97 Å². The molecule has 20 heavy (non-hydrogen) atoms. The van der Waals surface area contributed by atoms with Gasteiger partial charge in [-0.1, -0.05) is 13.8 Å². The molecule has 0 aliphatic heterocycles. The summed E-state index contributed by atoms with van der Waals surface area (Å²) in [5, 5.41) is 3.53. The van der Waals surface area contributed by atoms with Crippen molar-refractivity contribution in [1.29, 1.82) is 0 Å². The standard InChI is InChI=1S/C17H29N3/c1-11-13(8-9-18-16(3,4)5)12(2)20-15(19-11)14-10-17(14,6)7/h14,18H,8-10H2,1-7H3. The highest BCUT2D eigenvalue weighted by Crippen LogP contribution is 2.57. The molecular weight excluding hydrogens is 246 g/mol. The molecule has 0 amide bonds. The molecule has 2 rings (SSSR count). The second-order valence-corrected chi connectivity index (χ2v) is 7.90. The van der Waals surface area contributed by atoms with Crippen LogP contribution >= 0.6 is 0 Å². The van der Waals surface area contributed by atoms with Crippen molar-refractivity contribution in [2.75, 3.05) is 6.54 Å². The summed E-state index contributed by atoms with van der Waals surface area (Å²) in [6, 6.07) is 0. The molecular formula is C17H29N3. The summed E-state index contributed by atoms with van der Waals surface area (Å²) in [6.45, 7) is 16.4. The molecule has 0 aromatic carbocycles. The van der Waals surface area contributed by atoms with Crippen LogP contribution in [0, 0.1) is 19.3 Å². The van der Waals surface area contributed by atoms with Crippen LogP contribution in [-0.2, 0) is 6.42 Å². The van der Waals surface area contributed by atoms with Crippen molar-refractivity contribution in [1.82, 2.24) is 15.3 Å². The lowest BCUT2D eigenvalue weighted by Gasteiger charge is -2.21. The SMILES string of the molecule is Cc1nc(C2CC2(C)C)nc(C)c1CCNC(C)(C)C. The van der Waals surface area contributed by atoms with Gasteiger partial charge in [-0.15, -0.1) is 0 Å². The third-order valence-electron chi connectivity index (χ3n) is 4.29. The molecule has 1 aliphatic carbocycles. The lowest BCUT2D eigenvalue weighted by Crippen LogP contribution is -2.37. The fourth-order valence-corrected chi connectivity index (χ4v) is 2.75. The van der Waals surface area contributed by atoms with E-state index in [1.807, 2.05) is 0 Å². The first kappa shape index (κ1) is 15.4. The average molecular weight is 275 g/mol. The minimum Gasteiger partial charge on any atom is -0.312 e. The molecule has 3 heteroatoms. The van der Waals surface area contributed by atoms with Gasteiger partial charge in [-0.05, 0) is 65.0 Å². The Morgan fingerprint density at radius 2 is 1.65 bits per heavy atom. The van der Waals surface area contributed by atoms with Crippen LogP contribution in [0.3, 0.4) is 0 Å². The minimum atomic E-state index is 0.167. The molecule has 1 N–H and O–H groups in total. The normalized spacial score (nSPS) is 21.1. The van der Waals surface area contributed by atoms with Crippen molar-refractivity contribution in [2.45, 2.75) is 72.8 Å². The summed E-state index contributed by atoms with van der Waals surface area (Å²) >= 11 is 0. The minimum absolute atomic E-state index is 0.167. The summed E-state index contributed by atoms with van der Waals surface area (Å²) in [4.78, 5) is 9.54. The van der Waals surface area contributed by atoms with Crippen molar-refractivity contribution in [3.63, 3.8) is 0 Å². The quantitative estimate of drug-likeness (QED) is 0.913. The van der Waals surface area contributed by atoms with Crippen LogP contribution < -0.4 is 5.32 Å². The van der Waals surface area contributed by atoms with E-state index in [1.165, 1.54) is 12.0 Å². The number of nitrogens with one attached hydrogen (secondary N) is 1. The number of hydrogen-bond donors (Lipinski definition) is 1. The largest absolute Gasteiger partial charge is 0.312 e. The lowest BCUT2D eigenvalue weighted by atomic mass is 10.1. The molecule has 1 aromatic heterocycles. The van der Waals surface area contributed by atoms with E-state index in [-0.39, 0.29) is 5.54 Å². The maximum atomic E-state index is 4.77. The summed E-state index contributed by atoms with van der Waals surface area (Å²) in [5.41, 5.74) is 4.19. The molecule has 1 aromatic rings. The zero-order valence-electron chi connectivity index (χ0n) is 14.1. The van der Waals surface area contributed by atoms with Gasteiger partial charge < -0.3 is 5.32 Å². The fourth-order valence-electron chi connectivity index (χ4n) is 2.75. The third-order valence-corrected chi connectivity index (χ3v) is 4.29. The Kier molecular flexibility index (Phi) is 3.94. The zero-order chi connectivity index (χ0) is 15.1. The van der Waals surface area contributed by atoms with Crippen molar-refractivity contribution < 1.29 is 0 Å². The predicted molar refractivity (Wildman–Crippen MR) is 84.1 cm³/mol. The van der Waals surface area contributed by atoms with Crippen LogP contribution in [0.25, 0.3) is 0 Å². The Labute approximate surface area is 123 Å². The Morgan fingerprint density at radius 3 is 2.05 bits per heavy atom. The Morgan fingerprint density at radius 1 is 1.15 bits per heavy atom. The second kappa shape index (κ2) is 5.10. The van der Waals surface area contributed by atoms with Gasteiger partial charge in [0.15, 0.2) is 0 Å². The van der Waals surface area contributed by atoms with Crippen LogP contribution in [0.4, 0.5) is 0 Å². The van der Waals surface area contributed by atoms with E-state index in [0.717, 1.165) is 30.2 Å². The van der Waals surface area contributed by atoms with Gasteiger partial charge in [0.05, 0.1) is 0 Å². The molecule has 1 aliphatic rings. The lowest BCUT2D eigenvalue weighted by molar-refractivity contribution is 0.428. The Hall–Kier alpha value is -0.960. The molecule has 0 bridgehead atoms. The highest BCUT2D eigenvalue weighted by atomic mass is 15.0. The predicted octanol–water partition coefficient (Wildman–Crippen LogP) is 3.54. The van der Waals surface area contributed by atoms with E-state index < -0.39 is 0 Å². The molecule has 3 nitrogen and oxygen atoms in total. The summed E-state index contributed by atoms with van der Waals surface area (Å²) in [5.74, 6) is 1.61. The second-order valence-electron chi connectivity index (χ2n) is 7.90. The van der Waals surface area contributed by atoms with Crippen LogP contribution in [0.2, 0.25) is 0 Å². The molecule has 1 atom stereocenters. The molecule has 1 saturated carbocycles. The maximum absolute atomic E-state index is 4.77. The van der Waals surface area contributed by atoms with Gasteiger partial charge in [0.25, 0.3) is 0 Å². The monoisotopic (exact) mass is 275 g/mol. The molecule has 0 saturated heterocycles. The number of aromatic nitrogens is 2. The fraction of sp³-hybridized carbons (Fsp3) is 0.765. The molecule has 1 fully saturated rings. The Balaban J connectivity index is 2.08. The van der Waals surface area contributed by atoms with E-state index in [1.54, 1.807) is 0 Å². The van der Waals surface area contributed by atoms with E-state index in [0.29, 0.717) is 11.3 Å². The van der Waals surface area contributed by atoms with Crippen LogP contribution in [-0.4, -0.2) is 22.1 Å². The summed E-state index contributed by atoms with van der Waals surface area (Å²) in [7, 11) is 0. The van der Waals surface area contributed by atoms with Crippen LogP contribution in [0.15, 0.2) is 0 Å². The van der Waals surface area contributed by atoms with Gasteiger partial charge in [-0.3, -0.25) is 0 Å². The average Bonchev–Trinajstić information content (AvgIpc) is 2.90. The molecule has 0 spiro atoms. The highest BCUT2D eigenvalue weighted by Gasteiger charge is 2.48. The molecule has 0 radical (unpaired) electrons. The number of rotatable bonds is 4. The van der Waals surface area contributed by atoms with Crippen LogP contribution in [0.5, 0.6) is 0 Å². The summed E-state index contributed by atoms with van der Waals surface area (Å²) in [6.07, 6.45) is 2.22. The van der Waals surface area contributed by atoms with E-state index in [9.17, 15) is 0 Å². The smallest absolute Gasteiger partial charge is 0.132 e. The van der Waals surface area contributed by atoms with Gasteiger partial charge >= 0.3 is 0 Å². The number of hydrogen-bond acceptors (Lipinski definition) is 3. The van der Waals surface area contributed by atoms with E-state index >= 15 is 0 Å². The van der Waals surface area contributed by atoms with Gasteiger partial charge in [0.1, 0.15) is 5.82 Å². The van der Waals surface area contributed by atoms with Gasteiger partial charge in [0, 0.05) is 22.8 Å². The van der Waals surface area contributed by atoms with Gasteiger partial charge in [-0.25, -0.2) is 9.97 Å². The third kappa shape index (κ3) is 3.57. The van der Waals surface area contributed by atoms with E-state index in [2.05, 4.69) is 53.8 Å². The zero-order valence-corrected chi connectivity index (χ0v) is 14.1. The Bertz CT molecular complexity index is 474. The van der Waals surface area contributed by atoms with Crippen LogP contribution in [0.1, 0.15) is 69.7 Å².